The fourth-order valence-corrected chi connectivity index (χ4v) is 2.91. The molecule has 0 bridgehead atoms. The van der Waals surface area contributed by atoms with Crippen molar-refractivity contribution in [2.75, 3.05) is 26.2 Å². The number of pyridine rings is 1. The van der Waals surface area contributed by atoms with Gasteiger partial charge in [0.25, 0.3) is 0 Å². The molecule has 0 aliphatic carbocycles. The van der Waals surface area contributed by atoms with E-state index in [1.54, 1.807) is 0 Å². The lowest BCUT2D eigenvalue weighted by Gasteiger charge is -2.23. The molecule has 1 aliphatic heterocycles. The number of aryl methyl sites for hydroxylation is 1. The van der Waals surface area contributed by atoms with Crippen LogP contribution < -0.4 is 10.6 Å². The van der Waals surface area contributed by atoms with Gasteiger partial charge in [-0.25, -0.2) is 4.79 Å². The lowest BCUT2D eigenvalue weighted by Crippen LogP contribution is -2.44. The van der Waals surface area contributed by atoms with Gasteiger partial charge in [-0.3, -0.25) is 9.98 Å². The molecule has 1 aliphatic rings. The standard InChI is InChI=1S/C20H33N5O2/c1-6-21-18(22-11-9-16-8-7-15(2)23-13-16)25-12-10-17(14-25)24-19(26)27-20(3,4)5/h7-8,13,17H,6,9-12,14H2,1-5H3,(H,21,22)(H,24,26). The van der Waals surface area contributed by atoms with Gasteiger partial charge in [-0.2, -0.15) is 0 Å². The van der Waals surface area contributed by atoms with Gasteiger partial charge in [0.1, 0.15) is 5.60 Å². The van der Waals surface area contributed by atoms with E-state index in [1.165, 1.54) is 5.56 Å². The topological polar surface area (TPSA) is 78.9 Å². The minimum atomic E-state index is -0.483. The zero-order valence-corrected chi connectivity index (χ0v) is 17.2. The predicted molar refractivity (Wildman–Crippen MR) is 108 cm³/mol. The Morgan fingerprint density at radius 2 is 2.19 bits per heavy atom. The van der Waals surface area contributed by atoms with Gasteiger partial charge < -0.3 is 20.3 Å². The molecule has 0 radical (unpaired) electrons. The molecule has 27 heavy (non-hydrogen) atoms. The highest BCUT2D eigenvalue weighted by atomic mass is 16.6. The Morgan fingerprint density at radius 1 is 1.41 bits per heavy atom. The largest absolute Gasteiger partial charge is 0.444 e. The van der Waals surface area contributed by atoms with Crippen LogP contribution in [0.4, 0.5) is 4.79 Å². The van der Waals surface area contributed by atoms with Gasteiger partial charge in [0, 0.05) is 38.1 Å². The van der Waals surface area contributed by atoms with Crippen molar-refractivity contribution in [3.05, 3.63) is 29.6 Å². The fourth-order valence-electron chi connectivity index (χ4n) is 2.91. The Morgan fingerprint density at radius 3 is 2.81 bits per heavy atom. The first-order valence-electron chi connectivity index (χ1n) is 9.71. The summed E-state index contributed by atoms with van der Waals surface area (Å²) in [5, 5.41) is 6.30. The van der Waals surface area contributed by atoms with Crippen LogP contribution >= 0.6 is 0 Å². The molecule has 2 heterocycles. The minimum Gasteiger partial charge on any atom is -0.444 e. The number of hydrogen-bond donors (Lipinski definition) is 2. The van der Waals surface area contributed by atoms with Crippen molar-refractivity contribution >= 4 is 12.1 Å². The first kappa shape index (κ1) is 21.0. The van der Waals surface area contributed by atoms with E-state index in [1.807, 2.05) is 40.0 Å². The zero-order valence-electron chi connectivity index (χ0n) is 17.2. The molecule has 0 aromatic carbocycles. The number of nitrogens with one attached hydrogen (secondary N) is 2. The summed E-state index contributed by atoms with van der Waals surface area (Å²) < 4.78 is 5.34. The molecule has 1 amide bonds. The summed E-state index contributed by atoms with van der Waals surface area (Å²) in [6, 6.07) is 4.20. The Kier molecular flexibility index (Phi) is 7.45. The van der Waals surface area contributed by atoms with E-state index >= 15 is 0 Å². The number of rotatable bonds is 5. The smallest absolute Gasteiger partial charge is 0.407 e. The molecule has 7 heteroatoms. The third kappa shape index (κ3) is 7.45. The van der Waals surface area contributed by atoms with Crippen LogP contribution in [0.15, 0.2) is 23.3 Å². The Labute approximate surface area is 162 Å². The number of aliphatic imine (C=N–C) groups is 1. The summed E-state index contributed by atoms with van der Waals surface area (Å²) in [5.41, 5.74) is 1.73. The van der Waals surface area contributed by atoms with Gasteiger partial charge in [0.15, 0.2) is 5.96 Å². The van der Waals surface area contributed by atoms with E-state index in [-0.39, 0.29) is 12.1 Å². The molecule has 1 aromatic heterocycles. The van der Waals surface area contributed by atoms with Crippen molar-refractivity contribution in [1.82, 2.24) is 20.5 Å². The van der Waals surface area contributed by atoms with Crippen molar-refractivity contribution in [2.24, 2.45) is 4.99 Å². The zero-order chi connectivity index (χ0) is 19.9. The monoisotopic (exact) mass is 375 g/mol. The number of guanidine groups is 1. The minimum absolute atomic E-state index is 0.0741. The number of aromatic nitrogens is 1. The number of amides is 1. The summed E-state index contributed by atoms with van der Waals surface area (Å²) in [6.07, 6.45) is 3.29. The second-order valence-corrected chi connectivity index (χ2v) is 7.87. The number of carbonyl (C=O) groups is 1. The Hall–Kier alpha value is -2.31. The lowest BCUT2D eigenvalue weighted by atomic mass is 10.2. The fraction of sp³-hybridized carbons (Fsp3) is 0.650. The first-order valence-corrected chi connectivity index (χ1v) is 9.71. The predicted octanol–water partition coefficient (Wildman–Crippen LogP) is 2.50. The van der Waals surface area contributed by atoms with Crippen LogP contribution in [0.25, 0.3) is 0 Å². The maximum atomic E-state index is 12.0. The summed E-state index contributed by atoms with van der Waals surface area (Å²) in [6.45, 7) is 12.8. The van der Waals surface area contributed by atoms with E-state index in [2.05, 4.69) is 33.5 Å². The van der Waals surface area contributed by atoms with E-state index < -0.39 is 5.60 Å². The number of nitrogens with zero attached hydrogens (tertiary/aromatic N) is 3. The highest BCUT2D eigenvalue weighted by Gasteiger charge is 2.27. The Balaban J connectivity index is 1.86. The third-order valence-electron chi connectivity index (χ3n) is 4.18. The number of ether oxygens (including phenoxy) is 1. The van der Waals surface area contributed by atoms with Gasteiger partial charge >= 0.3 is 6.09 Å². The second-order valence-electron chi connectivity index (χ2n) is 7.87. The second kappa shape index (κ2) is 9.58. The molecule has 2 rings (SSSR count). The van der Waals surface area contributed by atoms with Crippen LogP contribution in [0, 0.1) is 6.92 Å². The summed E-state index contributed by atoms with van der Waals surface area (Å²) in [4.78, 5) is 23.2. The van der Waals surface area contributed by atoms with Crippen LogP contribution in [-0.4, -0.2) is 59.8 Å². The average molecular weight is 376 g/mol. The highest BCUT2D eigenvalue weighted by Crippen LogP contribution is 2.12. The molecular formula is C20H33N5O2. The van der Waals surface area contributed by atoms with Crippen molar-refractivity contribution in [3.8, 4) is 0 Å². The van der Waals surface area contributed by atoms with Gasteiger partial charge in [0.2, 0.25) is 0 Å². The molecule has 7 nitrogen and oxygen atoms in total. The lowest BCUT2D eigenvalue weighted by molar-refractivity contribution is 0.0507. The molecule has 1 atom stereocenters. The van der Waals surface area contributed by atoms with Crippen LogP contribution in [0.1, 0.15) is 45.4 Å². The normalized spacial score (nSPS) is 17.7. The molecule has 0 saturated carbocycles. The van der Waals surface area contributed by atoms with E-state index in [0.717, 1.165) is 44.1 Å². The number of carbonyl (C=O) groups excluding carboxylic acids is 1. The van der Waals surface area contributed by atoms with Crippen molar-refractivity contribution < 1.29 is 9.53 Å². The molecule has 1 aromatic rings. The van der Waals surface area contributed by atoms with E-state index in [9.17, 15) is 4.79 Å². The van der Waals surface area contributed by atoms with Gasteiger partial charge in [-0.15, -0.1) is 0 Å². The van der Waals surface area contributed by atoms with Gasteiger partial charge in [-0.1, -0.05) is 6.07 Å². The first-order chi connectivity index (χ1) is 12.8. The maximum absolute atomic E-state index is 12.0. The molecule has 1 fully saturated rings. The van der Waals surface area contributed by atoms with Crippen LogP contribution in [0.3, 0.4) is 0 Å². The third-order valence-corrected chi connectivity index (χ3v) is 4.18. The van der Waals surface area contributed by atoms with E-state index in [4.69, 9.17) is 9.73 Å². The van der Waals surface area contributed by atoms with Crippen LogP contribution in [0.5, 0.6) is 0 Å². The van der Waals surface area contributed by atoms with E-state index in [0.29, 0.717) is 6.54 Å². The molecule has 1 saturated heterocycles. The average Bonchev–Trinajstić information content (AvgIpc) is 3.02. The number of hydrogen-bond acceptors (Lipinski definition) is 4. The number of alkyl carbamates (subject to hydrolysis) is 1. The van der Waals surface area contributed by atoms with Crippen LogP contribution in [0.2, 0.25) is 0 Å². The van der Waals surface area contributed by atoms with Crippen molar-refractivity contribution in [2.45, 2.75) is 59.1 Å². The molecule has 150 valence electrons. The van der Waals surface area contributed by atoms with Gasteiger partial charge in [-0.05, 0) is 59.1 Å². The molecule has 2 N–H and O–H groups in total. The highest BCUT2D eigenvalue weighted by molar-refractivity contribution is 5.80. The summed E-state index contributed by atoms with van der Waals surface area (Å²) in [5.74, 6) is 0.894. The van der Waals surface area contributed by atoms with Crippen molar-refractivity contribution in [1.29, 1.82) is 0 Å². The maximum Gasteiger partial charge on any atom is 0.407 e. The van der Waals surface area contributed by atoms with Crippen LogP contribution in [-0.2, 0) is 11.2 Å². The quantitative estimate of drug-likeness (QED) is 0.611. The molecule has 1 unspecified atom stereocenters. The van der Waals surface area contributed by atoms with Crippen molar-refractivity contribution in [3.63, 3.8) is 0 Å². The summed E-state index contributed by atoms with van der Waals surface area (Å²) >= 11 is 0. The molecular weight excluding hydrogens is 342 g/mol. The Bertz CT molecular complexity index is 637. The molecule has 0 spiro atoms. The SMILES string of the molecule is CCNC(=NCCc1ccc(C)nc1)N1CCC(NC(=O)OC(C)(C)C)C1. The number of likely N-dealkylation sites (tertiary alicyclic amines) is 1. The summed E-state index contributed by atoms with van der Waals surface area (Å²) in [7, 11) is 0. The van der Waals surface area contributed by atoms with Gasteiger partial charge in [0.05, 0.1) is 6.04 Å².